The molecule has 1 aliphatic rings. The maximum absolute atomic E-state index is 12.1. The van der Waals surface area contributed by atoms with E-state index in [9.17, 15) is 9.59 Å². The summed E-state index contributed by atoms with van der Waals surface area (Å²) in [7, 11) is 1.55. The summed E-state index contributed by atoms with van der Waals surface area (Å²) >= 11 is 5.94. The summed E-state index contributed by atoms with van der Waals surface area (Å²) in [6.07, 6.45) is 1.26. The van der Waals surface area contributed by atoms with Crippen LogP contribution in [0, 0.1) is 0 Å². The fourth-order valence-electron chi connectivity index (χ4n) is 2.34. The third kappa shape index (κ3) is 4.61. The normalized spacial score (nSPS) is 15.5. The lowest BCUT2D eigenvalue weighted by Crippen LogP contribution is -2.46. The summed E-state index contributed by atoms with van der Waals surface area (Å²) in [6.45, 7) is 3.70. The van der Waals surface area contributed by atoms with Gasteiger partial charge in [-0.15, -0.1) is 0 Å². The van der Waals surface area contributed by atoms with Crippen molar-refractivity contribution in [2.75, 3.05) is 45.2 Å². The number of piperazine rings is 1. The Morgan fingerprint density at radius 1 is 1.36 bits per heavy atom. The smallest absolute Gasteiger partial charge is 0.225 e. The second-order valence-corrected chi connectivity index (χ2v) is 5.56. The SMILES string of the molecule is COc1ccc(Cl)cc1NC(=O)CCN1CCN(C=O)CC1. The molecule has 0 aromatic heterocycles. The van der Waals surface area contributed by atoms with Crippen molar-refractivity contribution in [3.05, 3.63) is 23.2 Å². The van der Waals surface area contributed by atoms with Crippen LogP contribution in [-0.2, 0) is 9.59 Å². The van der Waals surface area contributed by atoms with E-state index in [0.717, 1.165) is 19.5 Å². The average Bonchev–Trinajstić information content (AvgIpc) is 2.53. The number of amides is 2. The Bertz CT molecular complexity index is 531. The maximum atomic E-state index is 12.1. The number of nitrogens with one attached hydrogen (secondary N) is 1. The van der Waals surface area contributed by atoms with E-state index in [1.165, 1.54) is 0 Å². The quantitative estimate of drug-likeness (QED) is 0.804. The molecule has 6 nitrogen and oxygen atoms in total. The lowest BCUT2D eigenvalue weighted by atomic mass is 10.2. The number of benzene rings is 1. The van der Waals surface area contributed by atoms with Crippen molar-refractivity contribution in [1.82, 2.24) is 9.80 Å². The third-order valence-electron chi connectivity index (χ3n) is 3.65. The lowest BCUT2D eigenvalue weighted by molar-refractivity contribution is -0.120. The van der Waals surface area contributed by atoms with E-state index in [2.05, 4.69) is 10.2 Å². The molecule has 1 heterocycles. The number of hydrogen-bond acceptors (Lipinski definition) is 4. The third-order valence-corrected chi connectivity index (χ3v) is 3.88. The zero-order valence-electron chi connectivity index (χ0n) is 12.5. The molecule has 0 spiro atoms. The van der Waals surface area contributed by atoms with Crippen molar-refractivity contribution >= 4 is 29.6 Å². The van der Waals surface area contributed by atoms with Crippen molar-refractivity contribution in [3.8, 4) is 5.75 Å². The van der Waals surface area contributed by atoms with E-state index in [1.807, 2.05) is 0 Å². The molecular formula is C15H20ClN3O3. The van der Waals surface area contributed by atoms with Crippen molar-refractivity contribution in [2.45, 2.75) is 6.42 Å². The van der Waals surface area contributed by atoms with E-state index < -0.39 is 0 Å². The first-order valence-corrected chi connectivity index (χ1v) is 7.55. The molecule has 0 atom stereocenters. The van der Waals surface area contributed by atoms with Gasteiger partial charge in [-0.05, 0) is 18.2 Å². The fraction of sp³-hybridized carbons (Fsp3) is 0.467. The Morgan fingerprint density at radius 3 is 2.73 bits per heavy atom. The van der Waals surface area contributed by atoms with Gasteiger partial charge >= 0.3 is 0 Å². The van der Waals surface area contributed by atoms with Crippen LogP contribution in [0.2, 0.25) is 5.02 Å². The first-order chi connectivity index (χ1) is 10.6. The monoisotopic (exact) mass is 325 g/mol. The molecule has 1 saturated heterocycles. The Labute approximate surface area is 135 Å². The van der Waals surface area contributed by atoms with Crippen molar-refractivity contribution in [2.24, 2.45) is 0 Å². The lowest BCUT2D eigenvalue weighted by Gasteiger charge is -2.32. The minimum atomic E-state index is -0.0848. The molecule has 22 heavy (non-hydrogen) atoms. The number of halogens is 1. The predicted molar refractivity (Wildman–Crippen MR) is 85.3 cm³/mol. The molecular weight excluding hydrogens is 306 g/mol. The Morgan fingerprint density at radius 2 is 2.09 bits per heavy atom. The first kappa shape index (κ1) is 16.6. The van der Waals surface area contributed by atoms with Crippen molar-refractivity contribution in [1.29, 1.82) is 0 Å². The highest BCUT2D eigenvalue weighted by molar-refractivity contribution is 6.31. The second kappa shape index (κ2) is 8.00. The van der Waals surface area contributed by atoms with E-state index in [-0.39, 0.29) is 5.91 Å². The molecule has 0 bridgehead atoms. The molecule has 7 heteroatoms. The van der Waals surface area contributed by atoms with Crippen LogP contribution in [0.4, 0.5) is 5.69 Å². The molecule has 1 fully saturated rings. The van der Waals surface area contributed by atoms with E-state index in [4.69, 9.17) is 16.3 Å². The first-order valence-electron chi connectivity index (χ1n) is 7.17. The average molecular weight is 326 g/mol. The van der Waals surface area contributed by atoms with Crippen LogP contribution in [0.15, 0.2) is 18.2 Å². The Hall–Kier alpha value is -1.79. The Balaban J connectivity index is 1.81. The van der Waals surface area contributed by atoms with Crippen molar-refractivity contribution < 1.29 is 14.3 Å². The summed E-state index contributed by atoms with van der Waals surface area (Å²) in [5.41, 5.74) is 0.575. The summed E-state index contributed by atoms with van der Waals surface area (Å²) in [5.74, 6) is 0.496. The van der Waals surface area contributed by atoms with Crippen LogP contribution in [0.3, 0.4) is 0 Å². The van der Waals surface area contributed by atoms with Gasteiger partial charge in [-0.3, -0.25) is 14.5 Å². The molecule has 1 aromatic carbocycles. The van der Waals surface area contributed by atoms with Crippen LogP contribution in [0.25, 0.3) is 0 Å². The van der Waals surface area contributed by atoms with E-state index in [1.54, 1.807) is 30.2 Å². The summed E-state index contributed by atoms with van der Waals surface area (Å²) in [4.78, 5) is 26.6. The van der Waals surface area contributed by atoms with Gasteiger partial charge in [-0.1, -0.05) is 11.6 Å². The van der Waals surface area contributed by atoms with Crippen LogP contribution < -0.4 is 10.1 Å². The summed E-state index contributed by atoms with van der Waals surface area (Å²) in [5, 5.41) is 3.36. The number of nitrogens with zero attached hydrogens (tertiary/aromatic N) is 2. The predicted octanol–water partition coefficient (Wildman–Crippen LogP) is 1.45. The summed E-state index contributed by atoms with van der Waals surface area (Å²) in [6, 6.07) is 5.10. The zero-order chi connectivity index (χ0) is 15.9. The van der Waals surface area contributed by atoms with Gasteiger partial charge in [0.1, 0.15) is 5.75 Å². The molecule has 1 N–H and O–H groups in total. The molecule has 0 unspecified atom stereocenters. The highest BCUT2D eigenvalue weighted by Crippen LogP contribution is 2.27. The van der Waals surface area contributed by atoms with Gasteiger partial charge in [0.05, 0.1) is 12.8 Å². The highest BCUT2D eigenvalue weighted by Gasteiger charge is 2.16. The van der Waals surface area contributed by atoms with E-state index in [0.29, 0.717) is 42.5 Å². The number of carbonyl (C=O) groups is 2. The topological polar surface area (TPSA) is 61.9 Å². The number of methoxy groups -OCH3 is 1. The minimum absolute atomic E-state index is 0.0848. The van der Waals surface area contributed by atoms with Crippen molar-refractivity contribution in [3.63, 3.8) is 0 Å². The minimum Gasteiger partial charge on any atom is -0.495 e. The van der Waals surface area contributed by atoms with Gasteiger partial charge < -0.3 is 15.0 Å². The number of ether oxygens (including phenoxy) is 1. The van der Waals surface area contributed by atoms with Crippen LogP contribution in [0.1, 0.15) is 6.42 Å². The van der Waals surface area contributed by atoms with Gasteiger partial charge in [0, 0.05) is 44.2 Å². The summed E-state index contributed by atoms with van der Waals surface area (Å²) < 4.78 is 5.20. The number of rotatable bonds is 6. The molecule has 2 rings (SSSR count). The van der Waals surface area contributed by atoms with Gasteiger partial charge in [0.25, 0.3) is 0 Å². The molecule has 1 aliphatic heterocycles. The number of carbonyl (C=O) groups excluding carboxylic acids is 2. The molecule has 1 aromatic rings. The van der Waals surface area contributed by atoms with Crippen LogP contribution >= 0.6 is 11.6 Å². The van der Waals surface area contributed by atoms with Gasteiger partial charge in [-0.25, -0.2) is 0 Å². The fourth-order valence-corrected chi connectivity index (χ4v) is 2.51. The highest BCUT2D eigenvalue weighted by atomic mass is 35.5. The molecule has 0 aliphatic carbocycles. The second-order valence-electron chi connectivity index (χ2n) is 5.13. The van der Waals surface area contributed by atoms with Gasteiger partial charge in [0.15, 0.2) is 0 Å². The molecule has 0 radical (unpaired) electrons. The molecule has 120 valence electrons. The molecule has 0 saturated carbocycles. The van der Waals surface area contributed by atoms with Crippen LogP contribution in [0.5, 0.6) is 5.75 Å². The number of hydrogen-bond donors (Lipinski definition) is 1. The largest absolute Gasteiger partial charge is 0.495 e. The molecule has 2 amide bonds. The van der Waals surface area contributed by atoms with E-state index >= 15 is 0 Å². The number of anilines is 1. The Kier molecular flexibility index (Phi) is 6.03. The zero-order valence-corrected chi connectivity index (χ0v) is 13.3. The maximum Gasteiger partial charge on any atom is 0.225 e. The van der Waals surface area contributed by atoms with Crippen LogP contribution in [-0.4, -0.2) is 62.0 Å². The standard InChI is InChI=1S/C15H20ClN3O3/c1-22-14-3-2-12(16)10-13(14)17-15(21)4-5-18-6-8-19(11-20)9-7-18/h2-3,10-11H,4-9H2,1H3,(H,17,21). The van der Waals surface area contributed by atoms with Gasteiger partial charge in [-0.2, -0.15) is 0 Å². The van der Waals surface area contributed by atoms with Gasteiger partial charge in [0.2, 0.25) is 12.3 Å².